The summed E-state index contributed by atoms with van der Waals surface area (Å²) in [6.07, 6.45) is 3.85. The average Bonchev–Trinajstić information content (AvgIpc) is 4.02. The van der Waals surface area contributed by atoms with Gasteiger partial charge >= 0.3 is 0 Å². The third-order valence-corrected chi connectivity index (χ3v) is 14.6. The molecular weight excluding hydrogens is 811 g/mol. The first-order valence-corrected chi connectivity index (χ1v) is 23.1. The van der Waals surface area contributed by atoms with Gasteiger partial charge in [-0.1, -0.05) is 146 Å². The fourth-order valence-electron chi connectivity index (χ4n) is 10.5. The van der Waals surface area contributed by atoms with E-state index in [1.54, 1.807) is 0 Å². The Morgan fingerprint density at radius 2 is 1.05 bits per heavy atom. The third-order valence-electron chi connectivity index (χ3n) is 13.5. The summed E-state index contributed by atoms with van der Waals surface area (Å²) in [4.78, 5) is 11.3. The molecule has 0 aliphatic carbocycles. The second-order valence-corrected chi connectivity index (χ2v) is 18.2. The van der Waals surface area contributed by atoms with Crippen molar-refractivity contribution in [3.05, 3.63) is 217 Å². The lowest BCUT2D eigenvalue weighted by Crippen LogP contribution is -2.10. The normalized spacial score (nSPS) is 13.7. The van der Waals surface area contributed by atoms with E-state index in [1.165, 1.54) is 58.1 Å². The Morgan fingerprint density at radius 3 is 1.82 bits per heavy atom. The Kier molecular flexibility index (Phi) is 7.94. The Morgan fingerprint density at radius 1 is 0.446 bits per heavy atom. The number of benzene rings is 10. The van der Waals surface area contributed by atoms with Crippen LogP contribution in [-0.4, -0.2) is 16.1 Å². The van der Waals surface area contributed by atoms with Crippen molar-refractivity contribution in [2.45, 2.75) is 12.8 Å². The van der Waals surface area contributed by atoms with Crippen LogP contribution in [0.4, 0.5) is 0 Å². The van der Waals surface area contributed by atoms with Gasteiger partial charge in [-0.25, -0.2) is 9.98 Å². The van der Waals surface area contributed by atoms with Crippen LogP contribution in [0, 0.1) is 0 Å². The van der Waals surface area contributed by atoms with E-state index in [-0.39, 0.29) is 0 Å². The molecule has 14 rings (SSSR count). The molecule has 4 heterocycles. The summed E-state index contributed by atoms with van der Waals surface area (Å²) < 4.78 is 12.0. The first-order chi connectivity index (χ1) is 32.2. The standard InChI is InChI=1S/C60H37N3OS/c1-3-17-39-34-52-47(32-37(39)15-1)48-33-38-16-2-4-18-40(38)35-53(48)63(52)51-31-30-44(58-45-21-7-9-27-54(45)64-59(51)58)50-26-13-25-49(43-24-12-29-56-57(43)46-22-8-10-28-55(46)65-56)61-60(62-50)42-23-11-19-36-14-5-6-20-41(36)42/h1-12,14-24,26-35H,13,25H2. The van der Waals surface area contributed by atoms with Gasteiger partial charge in [0, 0.05) is 58.4 Å². The molecule has 0 bridgehead atoms. The van der Waals surface area contributed by atoms with Gasteiger partial charge in [-0.3, -0.25) is 0 Å². The summed E-state index contributed by atoms with van der Waals surface area (Å²) in [5, 5.41) is 14.2. The maximum atomic E-state index is 7.06. The number of hydrogen-bond acceptors (Lipinski definition) is 4. The fourth-order valence-corrected chi connectivity index (χ4v) is 11.6. The first-order valence-electron chi connectivity index (χ1n) is 22.3. The highest BCUT2D eigenvalue weighted by Gasteiger charge is 2.24. The zero-order valence-corrected chi connectivity index (χ0v) is 35.9. The van der Waals surface area contributed by atoms with E-state index < -0.39 is 0 Å². The average molecular weight is 848 g/mol. The topological polar surface area (TPSA) is 42.8 Å². The van der Waals surface area contributed by atoms with E-state index in [0.717, 1.165) is 84.8 Å². The van der Waals surface area contributed by atoms with Gasteiger partial charge in [0.25, 0.3) is 0 Å². The largest absolute Gasteiger partial charge is 0.454 e. The van der Waals surface area contributed by atoms with E-state index in [1.807, 2.05) is 11.3 Å². The summed E-state index contributed by atoms with van der Waals surface area (Å²) in [5.74, 6) is 0.700. The maximum absolute atomic E-state index is 7.06. The van der Waals surface area contributed by atoms with Crippen LogP contribution in [0.1, 0.15) is 29.5 Å². The molecule has 0 unspecified atom stereocenters. The van der Waals surface area contributed by atoms with Crippen molar-refractivity contribution in [2.24, 2.45) is 9.98 Å². The van der Waals surface area contributed by atoms with Gasteiger partial charge in [0.1, 0.15) is 5.58 Å². The Balaban J connectivity index is 1.03. The quantitative estimate of drug-likeness (QED) is 0.174. The van der Waals surface area contributed by atoms with Crippen LogP contribution in [0.25, 0.3) is 108 Å². The Bertz CT molecular complexity index is 4150. The van der Waals surface area contributed by atoms with Gasteiger partial charge in [-0.2, -0.15) is 0 Å². The van der Waals surface area contributed by atoms with Crippen molar-refractivity contribution < 1.29 is 4.42 Å². The molecule has 3 aromatic heterocycles. The number of rotatable bonds is 4. The molecule has 4 nitrogen and oxygen atoms in total. The SMILES string of the molecule is C1=C(c2ccc(-n3c4cc5ccccc5cc4c4cc5ccccc5cc43)c3oc4ccccc4c23)N=C(c2cccc3ccccc23)N=C(c2cccc3sc4ccccc4c23)CC1. The van der Waals surface area contributed by atoms with Crippen molar-refractivity contribution in [1.29, 1.82) is 0 Å². The van der Waals surface area contributed by atoms with Gasteiger partial charge in [0.15, 0.2) is 11.4 Å². The monoisotopic (exact) mass is 847 g/mol. The highest BCUT2D eigenvalue weighted by molar-refractivity contribution is 7.25. The zero-order chi connectivity index (χ0) is 42.6. The van der Waals surface area contributed by atoms with Crippen LogP contribution in [0.2, 0.25) is 0 Å². The molecule has 0 atom stereocenters. The number of furan rings is 1. The van der Waals surface area contributed by atoms with Crippen LogP contribution < -0.4 is 0 Å². The molecule has 0 spiro atoms. The van der Waals surface area contributed by atoms with E-state index in [9.17, 15) is 0 Å². The second kappa shape index (κ2) is 14.2. The summed E-state index contributed by atoms with van der Waals surface area (Å²) in [7, 11) is 0. The first kappa shape index (κ1) is 36.4. The van der Waals surface area contributed by atoms with E-state index >= 15 is 0 Å². The van der Waals surface area contributed by atoms with E-state index in [2.05, 4.69) is 205 Å². The molecule has 304 valence electrons. The molecule has 10 aromatic carbocycles. The number of hydrogen-bond donors (Lipinski definition) is 0. The molecule has 0 radical (unpaired) electrons. The molecule has 0 saturated carbocycles. The van der Waals surface area contributed by atoms with E-state index in [0.29, 0.717) is 5.84 Å². The number of aliphatic imine (C=N–C) groups is 2. The van der Waals surface area contributed by atoms with Crippen molar-refractivity contribution >= 4 is 125 Å². The molecule has 0 N–H and O–H groups in total. The van der Waals surface area contributed by atoms with Crippen molar-refractivity contribution in [3.8, 4) is 5.69 Å². The van der Waals surface area contributed by atoms with Crippen molar-refractivity contribution in [2.75, 3.05) is 0 Å². The summed E-state index contributed by atoms with van der Waals surface area (Å²) in [6.45, 7) is 0. The zero-order valence-electron chi connectivity index (χ0n) is 35.1. The molecule has 65 heavy (non-hydrogen) atoms. The number of aromatic nitrogens is 1. The third kappa shape index (κ3) is 5.62. The predicted molar refractivity (Wildman–Crippen MR) is 277 cm³/mol. The second-order valence-electron chi connectivity index (χ2n) is 17.1. The predicted octanol–water partition coefficient (Wildman–Crippen LogP) is 16.6. The van der Waals surface area contributed by atoms with Crippen molar-refractivity contribution in [1.82, 2.24) is 4.57 Å². The van der Waals surface area contributed by atoms with Gasteiger partial charge in [-0.05, 0) is 99.8 Å². The molecule has 0 fully saturated rings. The minimum Gasteiger partial charge on any atom is -0.454 e. The molecule has 5 heteroatoms. The van der Waals surface area contributed by atoms with Crippen LogP contribution >= 0.6 is 11.3 Å². The maximum Gasteiger partial charge on any atom is 0.160 e. The smallest absolute Gasteiger partial charge is 0.160 e. The van der Waals surface area contributed by atoms with Gasteiger partial charge < -0.3 is 8.98 Å². The van der Waals surface area contributed by atoms with E-state index in [4.69, 9.17) is 14.4 Å². The Hall–Kier alpha value is -8.12. The number of allylic oxidation sites excluding steroid dienone is 1. The minimum atomic E-state index is 0.700. The van der Waals surface area contributed by atoms with Crippen LogP contribution in [-0.2, 0) is 0 Å². The number of nitrogens with zero attached hydrogens (tertiary/aromatic N) is 3. The van der Waals surface area contributed by atoms with Gasteiger partial charge in [-0.15, -0.1) is 11.3 Å². The molecule has 0 amide bonds. The fraction of sp³-hybridized carbons (Fsp3) is 0.0333. The highest BCUT2D eigenvalue weighted by Crippen LogP contribution is 2.44. The molecule has 0 saturated heterocycles. The molecule has 1 aliphatic heterocycles. The highest BCUT2D eigenvalue weighted by atomic mass is 32.1. The summed E-state index contributed by atoms with van der Waals surface area (Å²) in [6, 6.07) is 70.0. The van der Waals surface area contributed by atoms with Gasteiger partial charge in [0.2, 0.25) is 0 Å². The summed E-state index contributed by atoms with van der Waals surface area (Å²) in [5.41, 5.74) is 10.1. The number of para-hydroxylation sites is 1. The van der Waals surface area contributed by atoms with Crippen LogP contribution in [0.3, 0.4) is 0 Å². The lowest BCUT2D eigenvalue weighted by Gasteiger charge is -2.16. The van der Waals surface area contributed by atoms with Crippen LogP contribution in [0.5, 0.6) is 0 Å². The van der Waals surface area contributed by atoms with Crippen LogP contribution in [0.15, 0.2) is 215 Å². The van der Waals surface area contributed by atoms with Crippen molar-refractivity contribution in [3.63, 3.8) is 0 Å². The lowest BCUT2D eigenvalue weighted by atomic mass is 9.96. The minimum absolute atomic E-state index is 0.700. The molecule has 13 aromatic rings. The molecular formula is C60H37N3OS. The molecule has 1 aliphatic rings. The summed E-state index contributed by atoms with van der Waals surface area (Å²) >= 11 is 1.84. The Labute approximate surface area is 377 Å². The number of amidine groups is 1. The van der Waals surface area contributed by atoms with Gasteiger partial charge in [0.05, 0.1) is 28.1 Å². The number of fused-ring (bicyclic) bond motifs is 12. The lowest BCUT2D eigenvalue weighted by molar-refractivity contribution is 0.666. The number of thiophene rings is 1.